The van der Waals surface area contributed by atoms with Crippen molar-refractivity contribution in [2.45, 2.75) is 13.3 Å². The number of carbonyl (C=O) groups excluding carboxylic acids is 1. The molecule has 110 valence electrons. The van der Waals surface area contributed by atoms with Crippen molar-refractivity contribution in [3.05, 3.63) is 53.6 Å². The third-order valence-corrected chi connectivity index (χ3v) is 3.06. The number of ketones is 1. The largest absolute Gasteiger partial charge is 0.493 e. The second-order valence-electron chi connectivity index (χ2n) is 4.67. The molecule has 2 aromatic carbocycles. The number of hydrogen-bond acceptors (Lipinski definition) is 4. The van der Waals surface area contributed by atoms with E-state index in [0.29, 0.717) is 34.9 Å². The molecular weight excluding hydrogens is 266 g/mol. The van der Waals surface area contributed by atoms with Crippen LogP contribution in [0.15, 0.2) is 42.5 Å². The van der Waals surface area contributed by atoms with Gasteiger partial charge in [-0.15, -0.1) is 0 Å². The van der Waals surface area contributed by atoms with Crippen LogP contribution in [0.1, 0.15) is 29.3 Å². The zero-order valence-electron chi connectivity index (χ0n) is 12.3. The monoisotopic (exact) mass is 285 g/mol. The first-order valence-electron chi connectivity index (χ1n) is 6.86. The van der Waals surface area contributed by atoms with Gasteiger partial charge in [0.15, 0.2) is 17.3 Å². The maximum Gasteiger partial charge on any atom is 0.193 e. The topological polar surface area (TPSA) is 61.5 Å². The second-order valence-corrected chi connectivity index (χ2v) is 4.67. The summed E-state index contributed by atoms with van der Waals surface area (Å²) in [5.41, 5.74) is 7.41. The molecule has 0 atom stereocenters. The van der Waals surface area contributed by atoms with Crippen molar-refractivity contribution < 1.29 is 14.3 Å². The molecule has 0 amide bonds. The van der Waals surface area contributed by atoms with Crippen LogP contribution in [0.3, 0.4) is 0 Å². The van der Waals surface area contributed by atoms with Gasteiger partial charge in [0.2, 0.25) is 0 Å². The van der Waals surface area contributed by atoms with Crippen LogP contribution < -0.4 is 15.2 Å². The fourth-order valence-electron chi connectivity index (χ4n) is 1.94. The number of methoxy groups -OCH3 is 1. The lowest BCUT2D eigenvalue weighted by atomic mass is 10.0. The number of nitrogens with two attached hydrogens (primary N) is 1. The molecule has 0 aliphatic rings. The van der Waals surface area contributed by atoms with Gasteiger partial charge in [-0.05, 0) is 48.9 Å². The lowest BCUT2D eigenvalue weighted by Crippen LogP contribution is -2.03. The lowest BCUT2D eigenvalue weighted by molar-refractivity contribution is 0.103. The van der Waals surface area contributed by atoms with E-state index in [4.69, 9.17) is 15.2 Å². The molecule has 4 heteroatoms. The Hall–Kier alpha value is -2.49. The smallest absolute Gasteiger partial charge is 0.193 e. The predicted octanol–water partition coefficient (Wildman–Crippen LogP) is 3.30. The first kappa shape index (κ1) is 14.9. The Morgan fingerprint density at radius 2 is 1.71 bits per heavy atom. The second kappa shape index (κ2) is 6.79. The Balaban J connectivity index is 2.27. The summed E-state index contributed by atoms with van der Waals surface area (Å²) in [5.74, 6) is 1.13. The standard InChI is InChI=1S/C17H19NO3/c1-3-10-21-15-9-6-13(11-16(15)20-2)17(19)12-4-7-14(18)8-5-12/h4-9,11H,3,10,18H2,1-2H3. The summed E-state index contributed by atoms with van der Waals surface area (Å²) in [5, 5.41) is 0. The van der Waals surface area contributed by atoms with Crippen LogP contribution in [0, 0.1) is 0 Å². The van der Waals surface area contributed by atoms with E-state index >= 15 is 0 Å². The van der Waals surface area contributed by atoms with E-state index < -0.39 is 0 Å². The van der Waals surface area contributed by atoms with Crippen LogP contribution in [-0.4, -0.2) is 19.5 Å². The number of carbonyl (C=O) groups is 1. The summed E-state index contributed by atoms with van der Waals surface area (Å²) in [4.78, 5) is 12.4. The van der Waals surface area contributed by atoms with Gasteiger partial charge in [0.25, 0.3) is 0 Å². The molecule has 21 heavy (non-hydrogen) atoms. The molecule has 2 rings (SSSR count). The maximum atomic E-state index is 12.4. The summed E-state index contributed by atoms with van der Waals surface area (Å²) in [6.45, 7) is 2.65. The summed E-state index contributed by atoms with van der Waals surface area (Å²) in [6, 6.07) is 12.1. The van der Waals surface area contributed by atoms with Crippen LogP contribution in [0.4, 0.5) is 5.69 Å². The van der Waals surface area contributed by atoms with E-state index in [0.717, 1.165) is 6.42 Å². The van der Waals surface area contributed by atoms with E-state index in [2.05, 4.69) is 0 Å². The van der Waals surface area contributed by atoms with Gasteiger partial charge in [-0.1, -0.05) is 6.92 Å². The molecule has 0 bridgehead atoms. The summed E-state index contributed by atoms with van der Waals surface area (Å²) < 4.78 is 10.9. The molecule has 0 saturated heterocycles. The number of nitrogen functional groups attached to an aromatic ring is 1. The van der Waals surface area contributed by atoms with E-state index in [1.165, 1.54) is 0 Å². The van der Waals surface area contributed by atoms with Crippen LogP contribution in [0.25, 0.3) is 0 Å². The summed E-state index contributed by atoms with van der Waals surface area (Å²) in [6.07, 6.45) is 0.912. The SMILES string of the molecule is CCCOc1ccc(C(=O)c2ccc(N)cc2)cc1OC. The highest BCUT2D eigenvalue weighted by Gasteiger charge is 2.13. The van der Waals surface area contributed by atoms with E-state index in [1.807, 2.05) is 6.92 Å². The van der Waals surface area contributed by atoms with Gasteiger partial charge in [0, 0.05) is 16.8 Å². The average Bonchev–Trinajstić information content (AvgIpc) is 2.52. The molecule has 0 aromatic heterocycles. The van der Waals surface area contributed by atoms with Crippen molar-refractivity contribution in [1.29, 1.82) is 0 Å². The molecule has 4 nitrogen and oxygen atoms in total. The van der Waals surface area contributed by atoms with Crippen molar-refractivity contribution in [1.82, 2.24) is 0 Å². The minimum atomic E-state index is -0.0738. The first-order valence-corrected chi connectivity index (χ1v) is 6.86. The number of ether oxygens (including phenoxy) is 2. The molecule has 0 heterocycles. The predicted molar refractivity (Wildman–Crippen MR) is 83.1 cm³/mol. The molecular formula is C17H19NO3. The highest BCUT2D eigenvalue weighted by atomic mass is 16.5. The van der Waals surface area contributed by atoms with E-state index in [1.54, 1.807) is 49.6 Å². The van der Waals surface area contributed by atoms with Crippen LogP contribution in [-0.2, 0) is 0 Å². The average molecular weight is 285 g/mol. The first-order chi connectivity index (χ1) is 10.2. The van der Waals surface area contributed by atoms with Gasteiger partial charge in [-0.2, -0.15) is 0 Å². The Labute approximate surface area is 124 Å². The third-order valence-electron chi connectivity index (χ3n) is 3.06. The number of rotatable bonds is 6. The number of benzene rings is 2. The Morgan fingerprint density at radius 1 is 1.05 bits per heavy atom. The van der Waals surface area contributed by atoms with Gasteiger partial charge < -0.3 is 15.2 Å². The molecule has 2 aromatic rings. The van der Waals surface area contributed by atoms with Crippen LogP contribution in [0.5, 0.6) is 11.5 Å². The van der Waals surface area contributed by atoms with Gasteiger partial charge in [0.1, 0.15) is 0 Å². The summed E-state index contributed by atoms with van der Waals surface area (Å²) in [7, 11) is 1.56. The highest BCUT2D eigenvalue weighted by Crippen LogP contribution is 2.29. The fourth-order valence-corrected chi connectivity index (χ4v) is 1.94. The lowest BCUT2D eigenvalue weighted by Gasteiger charge is -2.11. The third kappa shape index (κ3) is 3.54. The normalized spacial score (nSPS) is 10.2. The maximum absolute atomic E-state index is 12.4. The van der Waals surface area contributed by atoms with Crippen molar-refractivity contribution in [2.75, 3.05) is 19.5 Å². The van der Waals surface area contributed by atoms with Gasteiger partial charge in [-0.3, -0.25) is 4.79 Å². The van der Waals surface area contributed by atoms with Crippen molar-refractivity contribution >= 4 is 11.5 Å². The Kier molecular flexibility index (Phi) is 4.82. The molecule has 0 unspecified atom stereocenters. The Morgan fingerprint density at radius 3 is 2.33 bits per heavy atom. The number of anilines is 1. The van der Waals surface area contributed by atoms with Crippen molar-refractivity contribution in [3.8, 4) is 11.5 Å². The molecule has 2 N–H and O–H groups in total. The highest BCUT2D eigenvalue weighted by molar-refractivity contribution is 6.09. The molecule has 0 spiro atoms. The molecule has 0 radical (unpaired) electrons. The summed E-state index contributed by atoms with van der Waals surface area (Å²) >= 11 is 0. The molecule has 0 aliphatic carbocycles. The molecule has 0 aliphatic heterocycles. The van der Waals surface area contributed by atoms with Gasteiger partial charge >= 0.3 is 0 Å². The van der Waals surface area contributed by atoms with Gasteiger partial charge in [0.05, 0.1) is 13.7 Å². The quantitative estimate of drug-likeness (QED) is 0.653. The molecule has 0 fully saturated rings. The minimum absolute atomic E-state index is 0.0738. The minimum Gasteiger partial charge on any atom is -0.493 e. The van der Waals surface area contributed by atoms with Crippen LogP contribution in [0.2, 0.25) is 0 Å². The molecule has 0 saturated carbocycles. The van der Waals surface area contributed by atoms with E-state index in [9.17, 15) is 4.79 Å². The van der Waals surface area contributed by atoms with Crippen molar-refractivity contribution in [3.63, 3.8) is 0 Å². The zero-order valence-corrected chi connectivity index (χ0v) is 12.3. The Bertz CT molecular complexity index is 620. The van der Waals surface area contributed by atoms with E-state index in [-0.39, 0.29) is 5.78 Å². The van der Waals surface area contributed by atoms with Crippen molar-refractivity contribution in [2.24, 2.45) is 0 Å². The van der Waals surface area contributed by atoms with Crippen LogP contribution >= 0.6 is 0 Å². The van der Waals surface area contributed by atoms with Gasteiger partial charge in [-0.25, -0.2) is 0 Å². The zero-order chi connectivity index (χ0) is 15.2. The fraction of sp³-hybridized carbons (Fsp3) is 0.235. The number of hydrogen-bond donors (Lipinski definition) is 1.